The van der Waals surface area contributed by atoms with Crippen LogP contribution in [-0.2, 0) is 0 Å². The fraction of sp³-hybridized carbons (Fsp3) is 0.321. The minimum absolute atomic E-state index is 0. The Morgan fingerprint density at radius 1 is 1.03 bits per heavy atom. The number of rotatable bonds is 8. The smallest absolute Gasteiger partial charge is 0.253 e. The molecule has 1 unspecified atom stereocenters. The van der Waals surface area contributed by atoms with Gasteiger partial charge in [-0.05, 0) is 43.2 Å². The van der Waals surface area contributed by atoms with Crippen molar-refractivity contribution < 1.29 is 4.79 Å². The molecule has 178 valence electrons. The second kappa shape index (κ2) is 14.4. The molecule has 0 aliphatic rings. The van der Waals surface area contributed by atoms with E-state index in [2.05, 4.69) is 75.6 Å². The maximum atomic E-state index is 12.1. The van der Waals surface area contributed by atoms with Crippen LogP contribution in [-0.4, -0.2) is 30.2 Å². The van der Waals surface area contributed by atoms with Gasteiger partial charge in [0.2, 0.25) is 0 Å². The number of nitrogens with zero attached hydrogens (tertiary/aromatic N) is 1. The number of anilines is 1. The molecule has 0 fully saturated rings. The van der Waals surface area contributed by atoms with Crippen molar-refractivity contribution in [1.82, 2.24) is 4.90 Å². The van der Waals surface area contributed by atoms with Gasteiger partial charge in [0, 0.05) is 24.3 Å². The quantitative estimate of drug-likeness (QED) is 0.159. The van der Waals surface area contributed by atoms with Crippen LogP contribution in [0.4, 0.5) is 5.69 Å². The first kappa shape index (κ1) is 27.3. The van der Waals surface area contributed by atoms with Gasteiger partial charge in [-0.15, -0.1) is 5.56 Å². The Hall–Kier alpha value is -3.72. The average Bonchev–Trinajstić information content (AvgIpc) is 2.84. The van der Waals surface area contributed by atoms with E-state index in [-0.39, 0.29) is 5.91 Å². The monoisotopic (exact) mass is 690 g/mol. The minimum Gasteiger partial charge on any atom is -0.399 e. The van der Waals surface area contributed by atoms with Crippen molar-refractivity contribution in [2.24, 2.45) is 0 Å². The molecule has 3 aromatic rings. The van der Waals surface area contributed by atoms with Gasteiger partial charge in [0.15, 0.2) is 0 Å². The van der Waals surface area contributed by atoms with E-state index in [0.717, 1.165) is 25.9 Å². The van der Waals surface area contributed by atoms with Crippen molar-refractivity contribution in [3.05, 3.63) is 95.6 Å². The van der Waals surface area contributed by atoms with Crippen molar-refractivity contribution in [3.63, 3.8) is 0 Å². The number of nitrogen functional groups attached to an aromatic ring is 1. The van der Waals surface area contributed by atoms with Crippen LogP contribution in [0.5, 0.6) is 0 Å². The van der Waals surface area contributed by atoms with Gasteiger partial charge in [0.25, 0.3) is 5.91 Å². The van der Waals surface area contributed by atoms with E-state index in [4.69, 9.17) is 5.73 Å². The van der Waals surface area contributed by atoms with E-state index in [9.17, 15) is 4.79 Å². The molecule has 2 N–H and O–H groups in total. The van der Waals surface area contributed by atoms with Crippen LogP contribution in [0.25, 0.3) is 0 Å². The summed E-state index contributed by atoms with van der Waals surface area (Å²) in [6, 6.07) is 27.2. The maximum Gasteiger partial charge on any atom is 0.253 e. The van der Waals surface area contributed by atoms with Gasteiger partial charge >= 0.3 is 0 Å². The van der Waals surface area contributed by atoms with E-state index in [0.29, 0.717) is 17.2 Å². The number of nitrogens with two attached hydrogens (primary N) is 1. The van der Waals surface area contributed by atoms with Crippen LogP contribution >= 0.6 is 11.8 Å². The van der Waals surface area contributed by atoms with Gasteiger partial charge in [-0.3, -0.25) is 4.79 Å². The number of carbonyl (C=O) groups is 1. The summed E-state index contributed by atoms with van der Waals surface area (Å²) in [5, 5.41) is 0. The molecule has 0 saturated carbocycles. The molecular formula is C28H35CmN2OS-. The van der Waals surface area contributed by atoms with Crippen molar-refractivity contribution in [2.75, 3.05) is 25.1 Å². The van der Waals surface area contributed by atoms with Crippen LogP contribution in [0.15, 0.2) is 77.7 Å². The molecule has 0 spiro atoms. The summed E-state index contributed by atoms with van der Waals surface area (Å²) in [6.07, 6.45) is 4.08. The summed E-state index contributed by atoms with van der Waals surface area (Å²) in [7, 11) is 0. The third-order valence-corrected chi connectivity index (χ3v) is 6.06. The van der Waals surface area contributed by atoms with Crippen LogP contribution in [0.2, 0.25) is 0 Å². The van der Waals surface area contributed by atoms with Crippen molar-refractivity contribution in [2.45, 2.75) is 44.4 Å². The van der Waals surface area contributed by atoms with E-state index >= 15 is 0 Å². The predicted molar refractivity (Wildman–Crippen MR) is 138 cm³/mol. The molecule has 0 heterocycles. The Bertz CT molecular complexity index is 959. The number of hydrogen-bond donors (Lipinski definition) is 1. The molecule has 0 aromatic heterocycles. The Balaban J connectivity index is 0.000000320. The van der Waals surface area contributed by atoms with Gasteiger partial charge in [-0.1, -0.05) is 67.6 Å². The minimum atomic E-state index is 0. The molecule has 1 atom stereocenters. The molecule has 0 radical (unpaired) electrons. The molecule has 0 bridgehead atoms. The summed E-state index contributed by atoms with van der Waals surface area (Å²) < 4.78 is 0. The number of amides is 1. The first-order valence-electron chi connectivity index (χ1n) is 11.3. The van der Waals surface area contributed by atoms with E-state index in [1.165, 1.54) is 16.0 Å². The topological polar surface area (TPSA) is 46.3 Å². The van der Waals surface area contributed by atoms with Crippen LogP contribution in [0.1, 0.15) is 61.0 Å². The second-order valence-electron chi connectivity index (χ2n) is 7.72. The maximum absolute atomic E-state index is 12.1. The van der Waals surface area contributed by atoms with Crippen LogP contribution in [0, 0.1) is 6.07 Å². The molecule has 1 amide bonds. The van der Waals surface area contributed by atoms with Crippen LogP contribution in [0.3, 0.4) is 0 Å². The van der Waals surface area contributed by atoms with Crippen molar-refractivity contribution in [1.29, 1.82) is 0 Å². The van der Waals surface area contributed by atoms with E-state index in [1.807, 2.05) is 23.1 Å². The molecule has 3 rings (SSSR count). The number of thioether (sulfide) groups is 1. The first-order chi connectivity index (χ1) is 15.5. The number of carbonyl (C=O) groups excluding carboxylic acids is 1. The number of hydrogen-bond acceptors (Lipinski definition) is 3. The molecular weight excluding hydrogens is 659 g/mol. The summed E-state index contributed by atoms with van der Waals surface area (Å²) in [4.78, 5) is 15.4. The third kappa shape index (κ3) is 8.04. The van der Waals surface area contributed by atoms with E-state index in [1.54, 1.807) is 23.9 Å². The van der Waals surface area contributed by atoms with Gasteiger partial charge in [-0.25, -0.2) is 0 Å². The average molecular weight is 695 g/mol. The van der Waals surface area contributed by atoms with Gasteiger partial charge in [-0.2, -0.15) is 36.0 Å². The van der Waals surface area contributed by atoms with E-state index < -0.39 is 0 Å². The molecule has 0 aliphatic heterocycles. The Morgan fingerprint density at radius 3 is 2.27 bits per heavy atom. The second-order valence-corrected chi connectivity index (χ2v) is 8.57. The molecule has 3 aromatic carbocycles. The Morgan fingerprint density at radius 2 is 1.70 bits per heavy atom. The zero-order valence-corrected chi connectivity index (χ0v) is 23.8. The largest absolute Gasteiger partial charge is 0.399 e. The molecule has 33 heavy (non-hydrogen) atoms. The molecule has 5 heteroatoms. The fourth-order valence-electron chi connectivity index (χ4n) is 3.58. The molecule has 0 aliphatic carbocycles. The van der Waals surface area contributed by atoms with Crippen molar-refractivity contribution >= 4 is 23.4 Å². The Labute approximate surface area is 198 Å². The van der Waals surface area contributed by atoms with Gasteiger partial charge in [0.1, 0.15) is 0 Å². The SMILES string of the molecule is CCCN(CCC)C(=O)c1cccc(N)c1.CSc1cc[c-]cc1C(C)c1ccccc1.[Cm]. The zero-order valence-electron chi connectivity index (χ0n) is 20.0. The standard InChI is InChI=1S/C15H15S.C13H20N2O.Cm/c1-12(13-8-4-3-5-9-13)14-10-6-7-11-15(14)16-2;1-3-8-15(9-4-2)13(16)11-6-5-7-12(14)10-11;/h3-5,7-12H,1-2H3;5-7,10H,3-4,8-9,14H2,1-2H3;/q-1;;. The summed E-state index contributed by atoms with van der Waals surface area (Å²) in [6.45, 7) is 8.02. The predicted octanol–water partition coefficient (Wildman–Crippen LogP) is 6.89. The van der Waals surface area contributed by atoms with Gasteiger partial charge < -0.3 is 10.6 Å². The summed E-state index contributed by atoms with van der Waals surface area (Å²) >= 11 is 1.80. The van der Waals surface area contributed by atoms with Crippen LogP contribution < -0.4 is 5.73 Å². The summed E-state index contributed by atoms with van der Waals surface area (Å²) in [5.41, 5.74) is 9.71. The Kier molecular flexibility index (Phi) is 11.9. The first-order valence-corrected chi connectivity index (χ1v) is 12.5. The molecule has 0 saturated heterocycles. The van der Waals surface area contributed by atoms with Crippen molar-refractivity contribution in [3.8, 4) is 0 Å². The zero-order chi connectivity index (χ0) is 23.3. The third-order valence-electron chi connectivity index (χ3n) is 5.25. The number of benzene rings is 3. The molecule has 3 nitrogen and oxygen atoms in total. The van der Waals surface area contributed by atoms with Gasteiger partial charge in [0.05, 0.1) is 0 Å². The fourth-order valence-corrected chi connectivity index (χ4v) is 4.26. The normalized spacial score (nSPS) is 10.9. The summed E-state index contributed by atoms with van der Waals surface area (Å²) in [5.74, 6) is 0.511.